The summed E-state index contributed by atoms with van der Waals surface area (Å²) in [6.45, 7) is 3.76. The van der Waals surface area contributed by atoms with Gasteiger partial charge in [0.25, 0.3) is 0 Å². The van der Waals surface area contributed by atoms with Crippen molar-refractivity contribution in [3.63, 3.8) is 0 Å². The summed E-state index contributed by atoms with van der Waals surface area (Å²) in [6, 6.07) is 0. The summed E-state index contributed by atoms with van der Waals surface area (Å²) in [7, 11) is 1.69. The van der Waals surface area contributed by atoms with Gasteiger partial charge in [0.05, 0.1) is 19.3 Å². The van der Waals surface area contributed by atoms with Gasteiger partial charge in [-0.25, -0.2) is 4.98 Å². The fourth-order valence-corrected chi connectivity index (χ4v) is 3.05. The molecule has 0 spiro atoms. The van der Waals surface area contributed by atoms with Crippen molar-refractivity contribution in [3.05, 3.63) is 23.8 Å². The van der Waals surface area contributed by atoms with Crippen LogP contribution in [-0.2, 0) is 22.6 Å². The van der Waals surface area contributed by atoms with E-state index in [2.05, 4.69) is 19.8 Å². The Balaban J connectivity index is 1.51. The van der Waals surface area contributed by atoms with E-state index in [1.165, 1.54) is 11.5 Å². The first kappa shape index (κ1) is 15.4. The van der Waals surface area contributed by atoms with E-state index in [0.29, 0.717) is 19.1 Å². The molecule has 0 bridgehead atoms. The summed E-state index contributed by atoms with van der Waals surface area (Å²) < 4.78 is 16.8. The minimum absolute atomic E-state index is 0.442. The summed E-state index contributed by atoms with van der Waals surface area (Å²) in [5, 5.41) is 8.48. The first-order valence-corrected chi connectivity index (χ1v) is 8.28. The number of methoxy groups -OCH3 is 1. The lowest BCUT2D eigenvalue weighted by atomic mass is 10.00. The number of rotatable bonds is 7. The summed E-state index contributed by atoms with van der Waals surface area (Å²) in [6.07, 6.45) is 5.92. The molecule has 0 atom stereocenters. The lowest BCUT2D eigenvalue weighted by Gasteiger charge is -2.18. The Morgan fingerprint density at radius 1 is 1.45 bits per heavy atom. The molecule has 0 aromatic carbocycles. The maximum atomic E-state index is 5.38. The third-order valence-electron chi connectivity index (χ3n) is 3.68. The van der Waals surface area contributed by atoms with Crippen LogP contribution in [0.5, 0.6) is 0 Å². The van der Waals surface area contributed by atoms with Crippen molar-refractivity contribution in [1.29, 1.82) is 0 Å². The third kappa shape index (κ3) is 4.02. The van der Waals surface area contributed by atoms with Crippen LogP contribution < -0.4 is 5.32 Å². The van der Waals surface area contributed by atoms with E-state index in [1.54, 1.807) is 7.11 Å². The standard InChI is InChI=1S/C14H21N5O2S/c1-20-7-4-19-10-11(9-16-19)8-15-14-17-13(18-22-14)12-2-5-21-6-3-12/h9-10,12H,2-8H2,1H3,(H,15,17,18). The van der Waals surface area contributed by atoms with E-state index >= 15 is 0 Å². The molecule has 1 saturated heterocycles. The molecule has 1 fully saturated rings. The summed E-state index contributed by atoms with van der Waals surface area (Å²) in [5.41, 5.74) is 1.12. The molecule has 3 rings (SSSR count). The van der Waals surface area contributed by atoms with E-state index in [1.807, 2.05) is 17.1 Å². The highest BCUT2D eigenvalue weighted by Crippen LogP contribution is 2.27. The van der Waals surface area contributed by atoms with E-state index in [4.69, 9.17) is 9.47 Å². The van der Waals surface area contributed by atoms with Crippen LogP contribution in [0.15, 0.2) is 12.4 Å². The maximum absolute atomic E-state index is 5.38. The molecule has 0 radical (unpaired) electrons. The van der Waals surface area contributed by atoms with E-state index in [0.717, 1.165) is 49.1 Å². The van der Waals surface area contributed by atoms with Gasteiger partial charge in [-0.1, -0.05) is 0 Å². The molecule has 0 amide bonds. The highest BCUT2D eigenvalue weighted by atomic mass is 32.1. The second-order valence-electron chi connectivity index (χ2n) is 5.30. The van der Waals surface area contributed by atoms with Gasteiger partial charge >= 0.3 is 0 Å². The fraction of sp³-hybridized carbons (Fsp3) is 0.643. The molecule has 7 nitrogen and oxygen atoms in total. The van der Waals surface area contributed by atoms with Gasteiger partial charge in [0.15, 0.2) is 0 Å². The van der Waals surface area contributed by atoms with E-state index < -0.39 is 0 Å². The predicted molar refractivity (Wildman–Crippen MR) is 84.1 cm³/mol. The van der Waals surface area contributed by atoms with Crippen molar-refractivity contribution in [2.45, 2.75) is 31.8 Å². The first-order valence-electron chi connectivity index (χ1n) is 7.50. The van der Waals surface area contributed by atoms with Crippen molar-refractivity contribution in [2.75, 3.05) is 32.2 Å². The molecule has 1 aliphatic heterocycles. The van der Waals surface area contributed by atoms with Crippen molar-refractivity contribution in [3.8, 4) is 0 Å². The molecule has 1 N–H and O–H groups in total. The molecule has 22 heavy (non-hydrogen) atoms. The zero-order chi connectivity index (χ0) is 15.2. The number of aromatic nitrogens is 4. The van der Waals surface area contributed by atoms with Crippen molar-refractivity contribution >= 4 is 16.7 Å². The van der Waals surface area contributed by atoms with Crippen LogP contribution in [0.25, 0.3) is 0 Å². The number of ether oxygens (including phenoxy) is 2. The van der Waals surface area contributed by atoms with Crippen LogP contribution in [-0.4, -0.2) is 46.1 Å². The van der Waals surface area contributed by atoms with Crippen LogP contribution in [0.1, 0.15) is 30.1 Å². The van der Waals surface area contributed by atoms with Crippen molar-refractivity contribution in [2.24, 2.45) is 0 Å². The topological polar surface area (TPSA) is 74.1 Å². The van der Waals surface area contributed by atoms with Crippen LogP contribution >= 0.6 is 11.5 Å². The number of nitrogens with zero attached hydrogens (tertiary/aromatic N) is 4. The smallest absolute Gasteiger partial charge is 0.202 e. The first-order chi connectivity index (χ1) is 10.8. The molecule has 8 heteroatoms. The number of hydrogen-bond donors (Lipinski definition) is 1. The molecule has 0 aliphatic carbocycles. The minimum Gasteiger partial charge on any atom is -0.383 e. The Morgan fingerprint density at radius 2 is 2.32 bits per heavy atom. The highest BCUT2D eigenvalue weighted by Gasteiger charge is 2.20. The number of hydrogen-bond acceptors (Lipinski definition) is 7. The number of anilines is 1. The quantitative estimate of drug-likeness (QED) is 0.839. The maximum Gasteiger partial charge on any atom is 0.202 e. The summed E-state index contributed by atoms with van der Waals surface area (Å²) in [5.74, 6) is 1.39. The molecular formula is C14H21N5O2S. The van der Waals surface area contributed by atoms with Crippen molar-refractivity contribution in [1.82, 2.24) is 19.1 Å². The van der Waals surface area contributed by atoms with Gasteiger partial charge in [-0.05, 0) is 12.8 Å². The van der Waals surface area contributed by atoms with Gasteiger partial charge in [0, 0.05) is 56.1 Å². The molecule has 0 unspecified atom stereocenters. The SMILES string of the molecule is COCCn1cc(CNc2nc(C3CCOCC3)ns2)cn1. The van der Waals surface area contributed by atoms with Crippen molar-refractivity contribution < 1.29 is 9.47 Å². The van der Waals surface area contributed by atoms with E-state index in [-0.39, 0.29) is 0 Å². The van der Waals surface area contributed by atoms with Crippen LogP contribution in [0, 0.1) is 0 Å². The lowest BCUT2D eigenvalue weighted by Crippen LogP contribution is -2.15. The average molecular weight is 323 g/mol. The average Bonchev–Trinajstić information content (AvgIpc) is 3.21. The Labute approximate surface area is 133 Å². The van der Waals surface area contributed by atoms with Gasteiger partial charge in [-0.2, -0.15) is 9.47 Å². The molecule has 1 aliphatic rings. The zero-order valence-electron chi connectivity index (χ0n) is 12.7. The lowest BCUT2D eigenvalue weighted by molar-refractivity contribution is 0.0838. The summed E-state index contributed by atoms with van der Waals surface area (Å²) in [4.78, 5) is 4.60. The zero-order valence-corrected chi connectivity index (χ0v) is 13.5. The fourth-order valence-electron chi connectivity index (χ4n) is 2.41. The largest absolute Gasteiger partial charge is 0.383 e. The predicted octanol–water partition coefficient (Wildman–Crippen LogP) is 1.89. The van der Waals surface area contributed by atoms with Gasteiger partial charge < -0.3 is 14.8 Å². The van der Waals surface area contributed by atoms with Crippen LogP contribution in [0.4, 0.5) is 5.13 Å². The second kappa shape index (κ2) is 7.66. The van der Waals surface area contributed by atoms with Gasteiger partial charge in [0.2, 0.25) is 5.13 Å². The van der Waals surface area contributed by atoms with Gasteiger partial charge in [-0.15, -0.1) is 0 Å². The molecule has 2 aromatic heterocycles. The molecule has 2 aromatic rings. The number of nitrogens with one attached hydrogen (secondary N) is 1. The molecule has 0 saturated carbocycles. The van der Waals surface area contributed by atoms with Gasteiger partial charge in [0.1, 0.15) is 5.82 Å². The summed E-state index contributed by atoms with van der Waals surface area (Å²) >= 11 is 1.42. The van der Waals surface area contributed by atoms with Gasteiger partial charge in [-0.3, -0.25) is 4.68 Å². The Kier molecular flexibility index (Phi) is 5.36. The minimum atomic E-state index is 0.442. The Hall–Kier alpha value is -1.51. The Morgan fingerprint density at radius 3 is 3.14 bits per heavy atom. The highest BCUT2D eigenvalue weighted by molar-refractivity contribution is 7.09. The molecular weight excluding hydrogens is 302 g/mol. The normalized spacial score (nSPS) is 16.0. The van der Waals surface area contributed by atoms with Crippen LogP contribution in [0.3, 0.4) is 0 Å². The molecule has 120 valence electrons. The monoisotopic (exact) mass is 323 g/mol. The Bertz CT molecular complexity index is 579. The second-order valence-corrected chi connectivity index (χ2v) is 6.05. The van der Waals surface area contributed by atoms with E-state index in [9.17, 15) is 0 Å². The van der Waals surface area contributed by atoms with Crippen LogP contribution in [0.2, 0.25) is 0 Å². The third-order valence-corrected chi connectivity index (χ3v) is 4.37. The molecule has 3 heterocycles.